The maximum absolute atomic E-state index is 4.46. The molecule has 0 amide bonds. The molecule has 0 aromatic carbocycles. The van der Waals surface area contributed by atoms with E-state index in [0.717, 1.165) is 16.9 Å². The molecule has 0 unspecified atom stereocenters. The van der Waals surface area contributed by atoms with Gasteiger partial charge in [0.1, 0.15) is 4.60 Å². The van der Waals surface area contributed by atoms with Gasteiger partial charge >= 0.3 is 0 Å². The zero-order chi connectivity index (χ0) is 9.97. The highest BCUT2D eigenvalue weighted by Crippen LogP contribution is 2.19. The van der Waals surface area contributed by atoms with Gasteiger partial charge in [0.15, 0.2) is 0 Å². The number of pyridine rings is 1. The van der Waals surface area contributed by atoms with Crippen LogP contribution in [0, 0.1) is 5.92 Å². The molecular weight excluding hydrogens is 240 g/mol. The molecule has 1 atom stereocenters. The minimum Gasteiger partial charge on any atom is -0.306 e. The first-order valence-electron chi connectivity index (χ1n) is 5.04. The Kier molecular flexibility index (Phi) is 3.19. The van der Waals surface area contributed by atoms with Crippen molar-refractivity contribution in [1.29, 1.82) is 0 Å². The summed E-state index contributed by atoms with van der Waals surface area (Å²) < 4.78 is 0.946. The second-order valence-electron chi connectivity index (χ2n) is 4.07. The molecule has 2 heterocycles. The van der Waals surface area contributed by atoms with Crippen molar-refractivity contribution in [2.75, 3.05) is 20.1 Å². The van der Waals surface area contributed by atoms with Gasteiger partial charge in [-0.15, -0.1) is 0 Å². The van der Waals surface area contributed by atoms with Crippen LogP contribution in [0.4, 0.5) is 0 Å². The van der Waals surface area contributed by atoms with Gasteiger partial charge in [-0.2, -0.15) is 0 Å². The van der Waals surface area contributed by atoms with Crippen LogP contribution in [-0.2, 0) is 6.42 Å². The lowest BCUT2D eigenvalue weighted by molar-refractivity contribution is 0.393. The van der Waals surface area contributed by atoms with Gasteiger partial charge in [0.05, 0.1) is 0 Å². The molecule has 1 aliphatic rings. The van der Waals surface area contributed by atoms with Crippen molar-refractivity contribution in [1.82, 2.24) is 9.88 Å². The summed E-state index contributed by atoms with van der Waals surface area (Å²) >= 11 is 3.40. The van der Waals surface area contributed by atoms with E-state index in [0.29, 0.717) is 0 Å². The van der Waals surface area contributed by atoms with E-state index in [4.69, 9.17) is 0 Å². The highest BCUT2D eigenvalue weighted by Gasteiger charge is 2.19. The van der Waals surface area contributed by atoms with Crippen molar-refractivity contribution in [2.24, 2.45) is 5.92 Å². The largest absolute Gasteiger partial charge is 0.306 e. The van der Waals surface area contributed by atoms with Crippen LogP contribution < -0.4 is 0 Å². The van der Waals surface area contributed by atoms with Gasteiger partial charge < -0.3 is 4.90 Å². The van der Waals surface area contributed by atoms with Gasteiger partial charge in [0, 0.05) is 12.2 Å². The molecule has 1 aromatic rings. The van der Waals surface area contributed by atoms with E-state index in [1.807, 2.05) is 6.07 Å². The third-order valence-electron chi connectivity index (χ3n) is 2.76. The standard InChI is InChI=1S/C11H15BrN2/c1-14-6-5-9(8-14)7-10-3-2-4-11(12)13-10/h2-4,9H,5-8H2,1H3/t9-/m0/s1. The highest BCUT2D eigenvalue weighted by atomic mass is 79.9. The summed E-state index contributed by atoms with van der Waals surface area (Å²) in [5.74, 6) is 0.793. The molecule has 1 aromatic heterocycles. The molecule has 1 aliphatic heterocycles. The normalized spacial score (nSPS) is 22.9. The van der Waals surface area contributed by atoms with Gasteiger partial charge in [0.2, 0.25) is 0 Å². The lowest BCUT2D eigenvalue weighted by Gasteiger charge is -2.09. The van der Waals surface area contributed by atoms with E-state index in [9.17, 15) is 0 Å². The molecule has 14 heavy (non-hydrogen) atoms. The second kappa shape index (κ2) is 4.41. The van der Waals surface area contributed by atoms with Gasteiger partial charge in [-0.1, -0.05) is 6.07 Å². The number of halogens is 1. The molecular formula is C11H15BrN2. The Morgan fingerprint density at radius 2 is 2.43 bits per heavy atom. The number of hydrogen-bond acceptors (Lipinski definition) is 2. The van der Waals surface area contributed by atoms with E-state index in [-0.39, 0.29) is 0 Å². The van der Waals surface area contributed by atoms with Crippen molar-refractivity contribution >= 4 is 15.9 Å². The van der Waals surface area contributed by atoms with E-state index in [2.05, 4.69) is 45.0 Å². The Labute approximate surface area is 93.5 Å². The number of nitrogens with zero attached hydrogens (tertiary/aromatic N) is 2. The summed E-state index contributed by atoms with van der Waals surface area (Å²) in [4.78, 5) is 6.85. The Hall–Kier alpha value is -0.410. The average Bonchev–Trinajstić information content (AvgIpc) is 2.51. The Morgan fingerprint density at radius 1 is 1.57 bits per heavy atom. The summed E-state index contributed by atoms with van der Waals surface area (Å²) in [6.45, 7) is 2.45. The monoisotopic (exact) mass is 254 g/mol. The molecule has 1 saturated heterocycles. The molecule has 76 valence electrons. The number of likely N-dealkylation sites (tertiary alicyclic amines) is 1. The van der Waals surface area contributed by atoms with Crippen molar-refractivity contribution in [3.63, 3.8) is 0 Å². The number of hydrogen-bond donors (Lipinski definition) is 0. The van der Waals surface area contributed by atoms with Gasteiger partial charge in [0.25, 0.3) is 0 Å². The zero-order valence-electron chi connectivity index (χ0n) is 8.41. The fourth-order valence-electron chi connectivity index (χ4n) is 2.05. The first-order chi connectivity index (χ1) is 6.74. The molecule has 1 fully saturated rings. The van der Waals surface area contributed by atoms with Crippen LogP contribution in [-0.4, -0.2) is 30.0 Å². The molecule has 2 rings (SSSR count). The number of aromatic nitrogens is 1. The van der Waals surface area contributed by atoms with Crippen LogP contribution in [0.15, 0.2) is 22.8 Å². The van der Waals surface area contributed by atoms with Crippen molar-refractivity contribution in [3.8, 4) is 0 Å². The summed E-state index contributed by atoms with van der Waals surface area (Å²) in [5.41, 5.74) is 1.21. The zero-order valence-corrected chi connectivity index (χ0v) is 10.00. The van der Waals surface area contributed by atoms with Crippen LogP contribution in [0.5, 0.6) is 0 Å². The molecule has 0 saturated carbocycles. The minimum atomic E-state index is 0.793. The maximum Gasteiger partial charge on any atom is 0.106 e. The van der Waals surface area contributed by atoms with Gasteiger partial charge in [-0.3, -0.25) is 0 Å². The van der Waals surface area contributed by atoms with Crippen LogP contribution >= 0.6 is 15.9 Å². The lowest BCUT2D eigenvalue weighted by Crippen LogP contribution is -2.15. The van der Waals surface area contributed by atoms with Crippen LogP contribution in [0.25, 0.3) is 0 Å². The predicted molar refractivity (Wildman–Crippen MR) is 61.2 cm³/mol. The van der Waals surface area contributed by atoms with Gasteiger partial charge in [-0.05, 0) is 60.4 Å². The van der Waals surface area contributed by atoms with Crippen molar-refractivity contribution < 1.29 is 0 Å². The Bertz CT molecular complexity index is 314. The maximum atomic E-state index is 4.46. The smallest absolute Gasteiger partial charge is 0.106 e. The van der Waals surface area contributed by atoms with Gasteiger partial charge in [-0.25, -0.2) is 4.98 Å². The van der Waals surface area contributed by atoms with E-state index in [1.165, 1.54) is 25.2 Å². The highest BCUT2D eigenvalue weighted by molar-refractivity contribution is 9.10. The number of rotatable bonds is 2. The first-order valence-corrected chi connectivity index (χ1v) is 5.83. The quantitative estimate of drug-likeness (QED) is 0.754. The van der Waals surface area contributed by atoms with Crippen molar-refractivity contribution in [3.05, 3.63) is 28.5 Å². The molecule has 0 bridgehead atoms. The fraction of sp³-hybridized carbons (Fsp3) is 0.545. The minimum absolute atomic E-state index is 0.793. The third kappa shape index (κ3) is 2.55. The van der Waals surface area contributed by atoms with Crippen molar-refractivity contribution in [2.45, 2.75) is 12.8 Å². The van der Waals surface area contributed by atoms with E-state index < -0.39 is 0 Å². The summed E-state index contributed by atoms with van der Waals surface area (Å²) in [5, 5.41) is 0. The average molecular weight is 255 g/mol. The SMILES string of the molecule is CN1CC[C@@H](Cc2cccc(Br)n2)C1. The summed E-state index contributed by atoms with van der Waals surface area (Å²) in [6.07, 6.45) is 2.43. The molecule has 3 heteroatoms. The topological polar surface area (TPSA) is 16.1 Å². The Balaban J connectivity index is 1.97. The molecule has 2 nitrogen and oxygen atoms in total. The molecule has 0 aliphatic carbocycles. The van der Waals surface area contributed by atoms with E-state index in [1.54, 1.807) is 0 Å². The molecule has 0 spiro atoms. The van der Waals surface area contributed by atoms with Crippen LogP contribution in [0.3, 0.4) is 0 Å². The Morgan fingerprint density at radius 3 is 3.07 bits per heavy atom. The summed E-state index contributed by atoms with van der Waals surface area (Å²) in [6, 6.07) is 6.15. The molecule has 0 radical (unpaired) electrons. The van der Waals surface area contributed by atoms with Crippen LogP contribution in [0.2, 0.25) is 0 Å². The first kappa shape index (κ1) is 10.1. The fourth-order valence-corrected chi connectivity index (χ4v) is 2.43. The summed E-state index contributed by atoms with van der Waals surface area (Å²) in [7, 11) is 2.19. The van der Waals surface area contributed by atoms with E-state index >= 15 is 0 Å². The van der Waals surface area contributed by atoms with Crippen LogP contribution in [0.1, 0.15) is 12.1 Å². The molecule has 0 N–H and O–H groups in total. The lowest BCUT2D eigenvalue weighted by atomic mass is 10.0. The predicted octanol–water partition coefficient (Wildman–Crippen LogP) is 2.34. The second-order valence-corrected chi connectivity index (χ2v) is 4.89. The third-order valence-corrected chi connectivity index (χ3v) is 3.20.